The lowest BCUT2D eigenvalue weighted by Crippen LogP contribution is -2.58. The average Bonchev–Trinajstić information content (AvgIpc) is 3.21. The molecule has 0 bridgehead atoms. The highest BCUT2D eigenvalue weighted by atomic mass is 16.6. The Balaban J connectivity index is 1.48. The molecule has 1 saturated heterocycles. The van der Waals surface area contributed by atoms with Crippen LogP contribution in [0.4, 0.5) is 4.79 Å². The Kier molecular flexibility index (Phi) is 8.74. The van der Waals surface area contributed by atoms with Crippen LogP contribution in [0.2, 0.25) is 0 Å². The number of benzene rings is 2. The number of hydrogen-bond donors (Lipinski definition) is 4. The van der Waals surface area contributed by atoms with Crippen molar-refractivity contribution in [3.05, 3.63) is 58.7 Å². The number of likely N-dealkylation sites (N-methyl/N-ethyl adjacent to an activating group) is 1. The lowest BCUT2D eigenvalue weighted by Gasteiger charge is -2.36. The summed E-state index contributed by atoms with van der Waals surface area (Å²) in [5.41, 5.74) is 1.73. The van der Waals surface area contributed by atoms with E-state index in [4.69, 9.17) is 4.74 Å². The van der Waals surface area contributed by atoms with Crippen LogP contribution in [0.25, 0.3) is 0 Å². The highest BCUT2D eigenvalue weighted by Gasteiger charge is 2.56. The van der Waals surface area contributed by atoms with Crippen LogP contribution in [0.3, 0.4) is 0 Å². The van der Waals surface area contributed by atoms with Crippen LogP contribution in [-0.4, -0.2) is 74.6 Å². The molecule has 1 unspecified atom stereocenters. The summed E-state index contributed by atoms with van der Waals surface area (Å²) in [4.78, 5) is 57.6. The Morgan fingerprint density at radius 1 is 1.04 bits per heavy atom. The summed E-state index contributed by atoms with van der Waals surface area (Å²) in [6.07, 6.45) is 2.32. The van der Waals surface area contributed by atoms with E-state index in [1.807, 2.05) is 32.0 Å². The second kappa shape index (κ2) is 12.1. The minimum Gasteiger partial charge on any atom is -0.504 e. The fourth-order valence-corrected chi connectivity index (χ4v) is 7.17. The Morgan fingerprint density at radius 2 is 1.74 bits per heavy atom. The maximum Gasteiger partial charge on any atom is 0.410 e. The molecule has 0 radical (unpaired) electrons. The molecule has 248 valence electrons. The number of nitrogens with one attached hydrogen (secondary N) is 2. The van der Waals surface area contributed by atoms with Crippen molar-refractivity contribution in [3.8, 4) is 11.5 Å². The Bertz CT molecular complexity index is 1550. The number of ether oxygens (including phenoxy) is 1. The van der Waals surface area contributed by atoms with E-state index in [2.05, 4.69) is 16.7 Å². The average molecular weight is 635 g/mol. The predicted molar refractivity (Wildman–Crippen MR) is 171 cm³/mol. The summed E-state index contributed by atoms with van der Waals surface area (Å²) < 4.78 is 5.41. The van der Waals surface area contributed by atoms with Gasteiger partial charge in [-0.3, -0.25) is 19.3 Å². The first-order valence-electron chi connectivity index (χ1n) is 16.0. The van der Waals surface area contributed by atoms with Crippen molar-refractivity contribution in [2.24, 2.45) is 5.41 Å². The molecule has 2 aliphatic heterocycles. The summed E-state index contributed by atoms with van der Waals surface area (Å²) in [6.45, 7) is 10.6. The van der Waals surface area contributed by atoms with Crippen LogP contribution >= 0.6 is 0 Å². The summed E-state index contributed by atoms with van der Waals surface area (Å²) in [5, 5.41) is 27.7. The fraction of sp³-hybridized carbons (Fsp3) is 0.543. The maximum atomic E-state index is 14.5. The first-order chi connectivity index (χ1) is 21.5. The fourth-order valence-electron chi connectivity index (χ4n) is 7.17. The maximum absolute atomic E-state index is 14.5. The zero-order valence-corrected chi connectivity index (χ0v) is 27.7. The van der Waals surface area contributed by atoms with Gasteiger partial charge in [-0.2, -0.15) is 0 Å². The summed E-state index contributed by atoms with van der Waals surface area (Å²) in [6, 6.07) is 7.10. The van der Waals surface area contributed by atoms with E-state index in [9.17, 15) is 29.4 Å². The molecule has 2 aromatic carbocycles. The monoisotopic (exact) mass is 634 g/mol. The van der Waals surface area contributed by atoms with E-state index < -0.39 is 53.1 Å². The molecule has 5 atom stereocenters. The van der Waals surface area contributed by atoms with Crippen LogP contribution in [0.5, 0.6) is 11.5 Å². The summed E-state index contributed by atoms with van der Waals surface area (Å²) >= 11 is 0. The normalized spacial score (nSPS) is 24.1. The molecule has 0 saturated carbocycles. The van der Waals surface area contributed by atoms with Crippen molar-refractivity contribution in [2.45, 2.75) is 109 Å². The third kappa shape index (κ3) is 6.24. The van der Waals surface area contributed by atoms with Crippen LogP contribution in [0, 0.1) is 5.41 Å². The Labute approximate surface area is 270 Å². The van der Waals surface area contributed by atoms with Crippen molar-refractivity contribution in [3.63, 3.8) is 0 Å². The molecule has 4 amide bonds. The zero-order chi connectivity index (χ0) is 33.7. The number of nitrogens with zero attached hydrogens (tertiary/aromatic N) is 2. The van der Waals surface area contributed by atoms with Gasteiger partial charge in [0.15, 0.2) is 11.5 Å². The number of aryl methyl sites for hydroxylation is 1. The second-order valence-electron chi connectivity index (χ2n) is 14.5. The molecule has 0 aromatic heterocycles. The van der Waals surface area contributed by atoms with Gasteiger partial charge < -0.3 is 30.5 Å². The van der Waals surface area contributed by atoms with Crippen molar-refractivity contribution in [2.75, 3.05) is 7.05 Å². The van der Waals surface area contributed by atoms with E-state index >= 15 is 0 Å². The largest absolute Gasteiger partial charge is 0.504 e. The highest BCUT2D eigenvalue weighted by Crippen LogP contribution is 2.53. The molecule has 0 spiro atoms. The Hall–Kier alpha value is -4.28. The molecule has 1 fully saturated rings. The van der Waals surface area contributed by atoms with Gasteiger partial charge in [-0.15, -0.1) is 0 Å². The highest BCUT2D eigenvalue weighted by molar-refractivity contribution is 5.95. The molecule has 1 aliphatic carbocycles. The standard InChI is InChI=1S/C35H46N4O7/c1-19(38(7)33(45)46-34(2,3)4)30(42)37-24-17-21-15-16-26(40)28(41)27(21)25-18-35(5,6)29(39(25)32(24)44)31(43)36-23-14-10-12-20-11-8-9-13-22(20)23/h8-9,11,13,15-16,19,23-25,29,40-41H,10,12,14,17-18H2,1-7H3,(H,36,43)(H,37,42)/t19-,23+,24-,25+,29?/m0/s1. The third-order valence-electron chi connectivity index (χ3n) is 9.56. The lowest BCUT2D eigenvalue weighted by molar-refractivity contribution is -0.145. The van der Waals surface area contributed by atoms with Gasteiger partial charge >= 0.3 is 6.09 Å². The lowest BCUT2D eigenvalue weighted by atomic mass is 9.80. The summed E-state index contributed by atoms with van der Waals surface area (Å²) in [7, 11) is 1.45. The van der Waals surface area contributed by atoms with Gasteiger partial charge in [0, 0.05) is 19.0 Å². The molecular formula is C35H46N4O7. The molecule has 5 rings (SSSR count). The van der Waals surface area contributed by atoms with Crippen LogP contribution in [0.15, 0.2) is 36.4 Å². The number of phenolic OH excluding ortho intramolecular Hbond substituents is 2. The van der Waals surface area contributed by atoms with Gasteiger partial charge in [0.25, 0.3) is 0 Å². The number of amides is 4. The number of rotatable bonds is 5. The van der Waals surface area contributed by atoms with Crippen molar-refractivity contribution in [1.29, 1.82) is 0 Å². The van der Waals surface area contributed by atoms with Crippen LogP contribution in [0.1, 0.15) is 95.1 Å². The van der Waals surface area contributed by atoms with E-state index in [1.54, 1.807) is 26.8 Å². The molecule has 4 N–H and O–H groups in total. The van der Waals surface area contributed by atoms with E-state index in [0.29, 0.717) is 17.5 Å². The molecular weight excluding hydrogens is 588 g/mol. The number of hydrogen-bond acceptors (Lipinski definition) is 7. The van der Waals surface area contributed by atoms with E-state index in [-0.39, 0.29) is 29.9 Å². The van der Waals surface area contributed by atoms with Gasteiger partial charge in [0.05, 0.1) is 12.1 Å². The molecule has 11 nitrogen and oxygen atoms in total. The molecule has 46 heavy (non-hydrogen) atoms. The van der Waals surface area contributed by atoms with E-state index in [1.165, 1.54) is 35.4 Å². The first-order valence-corrected chi connectivity index (χ1v) is 16.0. The van der Waals surface area contributed by atoms with Crippen molar-refractivity contribution in [1.82, 2.24) is 20.4 Å². The minimum atomic E-state index is -1.10. The number of carbonyl (C=O) groups excluding carboxylic acids is 4. The third-order valence-corrected chi connectivity index (χ3v) is 9.56. The quantitative estimate of drug-likeness (QED) is 0.359. The van der Waals surface area contributed by atoms with Crippen LogP contribution in [-0.2, 0) is 32.0 Å². The predicted octanol–water partition coefficient (Wildman–Crippen LogP) is 4.26. The molecule has 3 aliphatic rings. The number of phenols is 2. The zero-order valence-electron chi connectivity index (χ0n) is 27.7. The molecule has 11 heteroatoms. The summed E-state index contributed by atoms with van der Waals surface area (Å²) in [5.74, 6) is -2.04. The first kappa shape index (κ1) is 33.1. The number of carbonyl (C=O) groups is 4. The number of aromatic hydroxyl groups is 2. The smallest absolute Gasteiger partial charge is 0.410 e. The van der Waals surface area contributed by atoms with Gasteiger partial charge in [-0.05, 0) is 81.5 Å². The van der Waals surface area contributed by atoms with Crippen LogP contribution < -0.4 is 10.6 Å². The SMILES string of the molecule is C[C@@H](C(=O)N[C@H]1Cc2ccc(O)c(O)c2[C@H]2CC(C)(C)C(C(=O)N[C@@H]3CCCc4ccccc43)N2C1=O)N(C)C(=O)OC(C)(C)C. The minimum absolute atomic E-state index is 0.0222. The van der Waals surface area contributed by atoms with Crippen molar-refractivity contribution >= 4 is 23.8 Å². The van der Waals surface area contributed by atoms with Gasteiger partial charge in [-0.1, -0.05) is 44.2 Å². The topological polar surface area (TPSA) is 149 Å². The van der Waals surface area contributed by atoms with Gasteiger partial charge in [-0.25, -0.2) is 4.79 Å². The molecule has 2 heterocycles. The van der Waals surface area contributed by atoms with Crippen molar-refractivity contribution < 1.29 is 34.1 Å². The van der Waals surface area contributed by atoms with E-state index in [0.717, 1.165) is 24.8 Å². The second-order valence-corrected chi connectivity index (χ2v) is 14.5. The number of fused-ring (bicyclic) bond motifs is 4. The van der Waals surface area contributed by atoms with Gasteiger partial charge in [0.2, 0.25) is 17.7 Å². The molecule has 2 aromatic rings. The Morgan fingerprint density at radius 3 is 2.43 bits per heavy atom. The van der Waals surface area contributed by atoms with Gasteiger partial charge in [0.1, 0.15) is 23.7 Å².